The van der Waals surface area contributed by atoms with Crippen molar-refractivity contribution in [1.82, 2.24) is 4.90 Å². The Morgan fingerprint density at radius 3 is 2.00 bits per heavy atom. The lowest BCUT2D eigenvalue weighted by atomic mass is 9.96. The van der Waals surface area contributed by atoms with Crippen molar-refractivity contribution in [3.8, 4) is 0 Å². The van der Waals surface area contributed by atoms with Crippen molar-refractivity contribution in [2.75, 3.05) is 19.6 Å². The molecule has 1 aromatic rings. The molecule has 106 valence electrons. The van der Waals surface area contributed by atoms with Gasteiger partial charge in [0.15, 0.2) is 17.3 Å². The Bertz CT molecular complexity index is 511. The van der Waals surface area contributed by atoms with Crippen LogP contribution >= 0.6 is 0 Å². The van der Waals surface area contributed by atoms with Gasteiger partial charge in [-0.15, -0.1) is 0 Å². The van der Waals surface area contributed by atoms with E-state index in [1.807, 2.05) is 13.8 Å². The monoisotopic (exact) mass is 273 g/mol. The van der Waals surface area contributed by atoms with E-state index in [0.717, 1.165) is 13.1 Å². The zero-order valence-electron chi connectivity index (χ0n) is 11.9. The Labute approximate surface area is 118 Å². The highest BCUT2D eigenvalue weighted by molar-refractivity contribution is 6.35. The van der Waals surface area contributed by atoms with Crippen LogP contribution in [-0.2, 0) is 4.79 Å². The van der Waals surface area contributed by atoms with Crippen molar-refractivity contribution in [2.24, 2.45) is 5.92 Å². The van der Waals surface area contributed by atoms with E-state index in [2.05, 4.69) is 4.90 Å². The molecule has 0 atom stereocenters. The van der Waals surface area contributed by atoms with E-state index in [0.29, 0.717) is 17.7 Å². The maximum absolute atomic E-state index is 12.2. The topological polar surface area (TPSA) is 54.5 Å². The third-order valence-electron chi connectivity index (χ3n) is 3.87. The van der Waals surface area contributed by atoms with Crippen LogP contribution in [0, 0.1) is 5.92 Å². The number of carbonyl (C=O) groups is 3. The molecule has 0 aromatic heterocycles. The normalized spacial score (nSPS) is 14.9. The predicted molar refractivity (Wildman–Crippen MR) is 76.0 cm³/mol. The van der Waals surface area contributed by atoms with Gasteiger partial charge in [-0.1, -0.05) is 38.1 Å². The van der Waals surface area contributed by atoms with Gasteiger partial charge < -0.3 is 4.90 Å². The van der Waals surface area contributed by atoms with Crippen molar-refractivity contribution in [3.05, 3.63) is 35.4 Å². The minimum atomic E-state index is -1.11. The van der Waals surface area contributed by atoms with Crippen molar-refractivity contribution in [2.45, 2.75) is 20.3 Å². The lowest BCUT2D eigenvalue weighted by molar-refractivity contribution is -0.120. The van der Waals surface area contributed by atoms with Gasteiger partial charge in [0.1, 0.15) is 5.92 Å². The first-order valence-electron chi connectivity index (χ1n) is 7.02. The van der Waals surface area contributed by atoms with Crippen molar-refractivity contribution >= 4 is 17.3 Å². The quantitative estimate of drug-likeness (QED) is 0.744. The fourth-order valence-electron chi connectivity index (χ4n) is 2.59. The van der Waals surface area contributed by atoms with Crippen LogP contribution in [0.1, 0.15) is 41.0 Å². The van der Waals surface area contributed by atoms with Crippen molar-refractivity contribution < 1.29 is 14.4 Å². The minimum Gasteiger partial charge on any atom is -0.303 e. The van der Waals surface area contributed by atoms with Crippen molar-refractivity contribution in [1.29, 1.82) is 0 Å². The molecule has 20 heavy (non-hydrogen) atoms. The summed E-state index contributed by atoms with van der Waals surface area (Å²) >= 11 is 0. The third-order valence-corrected chi connectivity index (χ3v) is 3.87. The first kappa shape index (κ1) is 14.6. The molecular weight excluding hydrogens is 254 g/mol. The Balaban J connectivity index is 2.09. The van der Waals surface area contributed by atoms with Gasteiger partial charge in [-0.05, 0) is 13.1 Å². The van der Waals surface area contributed by atoms with Gasteiger partial charge in [-0.2, -0.15) is 0 Å². The number of Topliss-reactive ketones (excluding diaryl/α,β-unsaturated/α-hetero) is 3. The number of rotatable bonds is 6. The van der Waals surface area contributed by atoms with Gasteiger partial charge in [0.05, 0.1) is 0 Å². The van der Waals surface area contributed by atoms with Crippen LogP contribution in [0.15, 0.2) is 24.3 Å². The van der Waals surface area contributed by atoms with Gasteiger partial charge >= 0.3 is 0 Å². The van der Waals surface area contributed by atoms with Crippen LogP contribution in [0.5, 0.6) is 0 Å². The van der Waals surface area contributed by atoms with E-state index in [9.17, 15) is 14.4 Å². The van der Waals surface area contributed by atoms with Crippen LogP contribution in [0.4, 0.5) is 0 Å². The van der Waals surface area contributed by atoms with Gasteiger partial charge in [-0.25, -0.2) is 0 Å². The molecule has 4 nitrogen and oxygen atoms in total. The summed E-state index contributed by atoms with van der Waals surface area (Å²) in [7, 11) is 0. The highest BCUT2D eigenvalue weighted by Crippen LogP contribution is 2.27. The summed E-state index contributed by atoms with van der Waals surface area (Å²) in [5.41, 5.74) is 0.775. The average Bonchev–Trinajstić information content (AvgIpc) is 2.72. The Kier molecular flexibility index (Phi) is 4.45. The fourth-order valence-corrected chi connectivity index (χ4v) is 2.59. The Morgan fingerprint density at radius 1 is 1.05 bits per heavy atom. The zero-order valence-corrected chi connectivity index (χ0v) is 11.9. The largest absolute Gasteiger partial charge is 0.303 e. The predicted octanol–water partition coefficient (Wildman–Crippen LogP) is 1.98. The summed E-state index contributed by atoms with van der Waals surface area (Å²) in [6.07, 6.45) is 0.248. The molecule has 1 aliphatic carbocycles. The van der Waals surface area contributed by atoms with Crippen LogP contribution in [-0.4, -0.2) is 41.9 Å². The number of ketones is 3. The number of carbonyl (C=O) groups excluding carboxylic acids is 3. The van der Waals surface area contributed by atoms with E-state index in [1.165, 1.54) is 0 Å². The molecule has 0 aliphatic heterocycles. The molecule has 0 bridgehead atoms. The standard InChI is InChI=1S/C16H19NO3/c1-3-17(4-2)10-9-13(18)14-15(19)11-7-5-6-8-12(11)16(14)20/h5-8,14H,3-4,9-10H2,1-2H3. The molecule has 0 amide bonds. The van der Waals surface area contributed by atoms with Gasteiger partial charge in [0, 0.05) is 24.1 Å². The Morgan fingerprint density at radius 2 is 1.55 bits per heavy atom. The number of benzene rings is 1. The number of hydrogen-bond donors (Lipinski definition) is 0. The van der Waals surface area contributed by atoms with Crippen LogP contribution in [0.2, 0.25) is 0 Å². The number of nitrogens with zero attached hydrogens (tertiary/aromatic N) is 1. The molecule has 0 unspecified atom stereocenters. The molecule has 2 rings (SSSR count). The summed E-state index contributed by atoms with van der Waals surface area (Å²) in [5, 5.41) is 0. The van der Waals surface area contributed by atoms with E-state index in [-0.39, 0.29) is 23.8 Å². The molecule has 0 radical (unpaired) electrons. The number of hydrogen-bond acceptors (Lipinski definition) is 4. The average molecular weight is 273 g/mol. The molecular formula is C16H19NO3. The van der Waals surface area contributed by atoms with Gasteiger partial charge in [0.2, 0.25) is 0 Å². The van der Waals surface area contributed by atoms with Gasteiger partial charge in [-0.3, -0.25) is 14.4 Å². The summed E-state index contributed by atoms with van der Waals surface area (Å²) in [4.78, 5) is 38.7. The first-order chi connectivity index (χ1) is 9.60. The smallest absolute Gasteiger partial charge is 0.181 e. The number of fused-ring (bicyclic) bond motifs is 1. The molecule has 0 saturated carbocycles. The zero-order chi connectivity index (χ0) is 14.7. The second-order valence-electron chi connectivity index (χ2n) is 4.95. The summed E-state index contributed by atoms with van der Waals surface area (Å²) in [5.74, 6) is -2.05. The summed E-state index contributed by atoms with van der Waals surface area (Å²) in [6.45, 7) is 6.36. The summed E-state index contributed by atoms with van der Waals surface area (Å²) < 4.78 is 0. The van der Waals surface area contributed by atoms with Crippen LogP contribution in [0.25, 0.3) is 0 Å². The molecule has 1 aliphatic rings. The highest BCUT2D eigenvalue weighted by Gasteiger charge is 2.42. The van der Waals surface area contributed by atoms with Crippen molar-refractivity contribution in [3.63, 3.8) is 0 Å². The third kappa shape index (κ3) is 2.56. The lowest BCUT2D eigenvalue weighted by Crippen LogP contribution is -2.31. The molecule has 0 saturated heterocycles. The maximum atomic E-state index is 12.2. The second kappa shape index (κ2) is 6.09. The molecule has 4 heteroatoms. The van der Waals surface area contributed by atoms with Crippen LogP contribution in [0.3, 0.4) is 0 Å². The second-order valence-corrected chi connectivity index (χ2v) is 4.95. The first-order valence-corrected chi connectivity index (χ1v) is 7.02. The molecule has 0 N–H and O–H groups in total. The molecule has 0 fully saturated rings. The lowest BCUT2D eigenvalue weighted by Gasteiger charge is -2.17. The van der Waals surface area contributed by atoms with Gasteiger partial charge in [0.25, 0.3) is 0 Å². The van der Waals surface area contributed by atoms with E-state index >= 15 is 0 Å². The van der Waals surface area contributed by atoms with E-state index in [1.54, 1.807) is 24.3 Å². The fraction of sp³-hybridized carbons (Fsp3) is 0.438. The van der Waals surface area contributed by atoms with Crippen LogP contribution < -0.4 is 0 Å². The Hall–Kier alpha value is -1.81. The van der Waals surface area contributed by atoms with E-state index in [4.69, 9.17) is 0 Å². The highest BCUT2D eigenvalue weighted by atomic mass is 16.2. The minimum absolute atomic E-state index is 0.248. The van der Waals surface area contributed by atoms with E-state index < -0.39 is 5.92 Å². The maximum Gasteiger partial charge on any atom is 0.181 e. The SMILES string of the molecule is CCN(CC)CCC(=O)C1C(=O)c2ccccc2C1=O. The molecule has 0 heterocycles. The summed E-state index contributed by atoms with van der Waals surface area (Å²) in [6, 6.07) is 6.67. The molecule has 1 aromatic carbocycles. The molecule has 0 spiro atoms.